The van der Waals surface area contributed by atoms with Crippen molar-refractivity contribution in [3.8, 4) is 0 Å². The quantitative estimate of drug-likeness (QED) is 0.794. The summed E-state index contributed by atoms with van der Waals surface area (Å²) in [5, 5.41) is 5.87. The van der Waals surface area contributed by atoms with Gasteiger partial charge in [-0.2, -0.15) is 0 Å². The molecule has 3 rings (SSSR count). The summed E-state index contributed by atoms with van der Waals surface area (Å²) in [7, 11) is 0. The van der Waals surface area contributed by atoms with E-state index in [1.54, 1.807) is 0 Å². The molecule has 3 unspecified atom stereocenters. The molecule has 1 aromatic carbocycles. The number of nitrogens with two attached hydrogens (primary N) is 1. The van der Waals surface area contributed by atoms with Gasteiger partial charge >= 0.3 is 0 Å². The Hall–Kier alpha value is -1.59. The average Bonchev–Trinajstić information content (AvgIpc) is 3.02. The van der Waals surface area contributed by atoms with E-state index in [1.807, 2.05) is 25.1 Å². The van der Waals surface area contributed by atoms with Crippen LogP contribution in [0.2, 0.25) is 0 Å². The third-order valence-corrected chi connectivity index (χ3v) is 4.46. The van der Waals surface area contributed by atoms with Gasteiger partial charge in [0, 0.05) is 17.6 Å². The average molecular weight is 324 g/mol. The fourth-order valence-corrected chi connectivity index (χ4v) is 3.19. The Morgan fingerprint density at radius 3 is 2.86 bits per heavy atom. The number of hydrogen-bond acceptors (Lipinski definition) is 3. The number of hydrogen-bond donors (Lipinski definition) is 3. The highest BCUT2D eigenvalue weighted by Crippen LogP contribution is 2.28. The van der Waals surface area contributed by atoms with Crippen LogP contribution in [0.1, 0.15) is 43.4 Å². The van der Waals surface area contributed by atoms with E-state index < -0.39 is 0 Å². The number of carbonyl (C=O) groups excluding carboxylic acids is 2. The molecule has 22 heavy (non-hydrogen) atoms. The molecule has 0 spiro atoms. The van der Waals surface area contributed by atoms with Crippen molar-refractivity contribution in [1.82, 2.24) is 5.32 Å². The minimum absolute atomic E-state index is 0. The second kappa shape index (κ2) is 6.67. The van der Waals surface area contributed by atoms with Crippen molar-refractivity contribution in [3.05, 3.63) is 29.3 Å². The lowest BCUT2D eigenvalue weighted by Gasteiger charge is -2.18. The molecule has 4 N–H and O–H groups in total. The number of anilines is 1. The van der Waals surface area contributed by atoms with E-state index in [2.05, 4.69) is 10.6 Å². The van der Waals surface area contributed by atoms with Gasteiger partial charge in [0.25, 0.3) is 0 Å². The van der Waals surface area contributed by atoms with Crippen LogP contribution in [0.3, 0.4) is 0 Å². The zero-order chi connectivity index (χ0) is 15.0. The van der Waals surface area contributed by atoms with Crippen LogP contribution < -0.4 is 16.4 Å². The maximum atomic E-state index is 12.2. The summed E-state index contributed by atoms with van der Waals surface area (Å²) in [6.45, 7) is 1.97. The van der Waals surface area contributed by atoms with E-state index in [1.165, 1.54) is 0 Å². The number of benzene rings is 1. The predicted molar refractivity (Wildman–Crippen MR) is 87.9 cm³/mol. The standard InChI is InChI=1S/C16H21N3O2.ClH/c1-9(18-16(21)11-2-4-13(17)7-11)10-3-5-14-12(6-10)8-15(20)19-14;/h3,5-6,9,11,13H,2,4,7-8,17H2,1H3,(H,18,21)(H,19,20);1H. The summed E-state index contributed by atoms with van der Waals surface area (Å²) in [5.41, 5.74) is 8.77. The Morgan fingerprint density at radius 1 is 1.41 bits per heavy atom. The Bertz CT molecular complexity index is 591. The molecule has 1 aliphatic heterocycles. The van der Waals surface area contributed by atoms with E-state index >= 15 is 0 Å². The van der Waals surface area contributed by atoms with Gasteiger partial charge in [-0.05, 0) is 43.4 Å². The maximum Gasteiger partial charge on any atom is 0.228 e. The third-order valence-electron chi connectivity index (χ3n) is 4.46. The predicted octanol–water partition coefficient (Wildman–Crippen LogP) is 1.91. The highest BCUT2D eigenvalue weighted by molar-refractivity contribution is 5.99. The summed E-state index contributed by atoms with van der Waals surface area (Å²) < 4.78 is 0. The zero-order valence-electron chi connectivity index (χ0n) is 12.6. The molecule has 0 saturated heterocycles. The molecular formula is C16H22ClN3O2. The van der Waals surface area contributed by atoms with Crippen LogP contribution in [0.4, 0.5) is 5.69 Å². The summed E-state index contributed by atoms with van der Waals surface area (Å²) >= 11 is 0. The van der Waals surface area contributed by atoms with Crippen molar-refractivity contribution in [2.24, 2.45) is 11.7 Å². The molecule has 1 saturated carbocycles. The first-order valence-electron chi connectivity index (χ1n) is 7.51. The normalized spacial score (nSPS) is 24.2. The fraction of sp³-hybridized carbons (Fsp3) is 0.500. The Kier molecular flexibility index (Phi) is 5.08. The fourth-order valence-electron chi connectivity index (χ4n) is 3.19. The lowest BCUT2D eigenvalue weighted by Crippen LogP contribution is -2.32. The molecule has 1 aromatic rings. The number of fused-ring (bicyclic) bond motifs is 1. The maximum absolute atomic E-state index is 12.2. The van der Waals surface area contributed by atoms with Gasteiger partial charge in [0.15, 0.2) is 0 Å². The number of carbonyl (C=O) groups is 2. The van der Waals surface area contributed by atoms with Crippen molar-refractivity contribution in [1.29, 1.82) is 0 Å². The second-order valence-corrected chi connectivity index (χ2v) is 6.14. The summed E-state index contributed by atoms with van der Waals surface area (Å²) in [6, 6.07) is 5.96. The molecule has 2 amide bonds. The van der Waals surface area contributed by atoms with Crippen LogP contribution in [0, 0.1) is 5.92 Å². The molecule has 0 bridgehead atoms. The first-order chi connectivity index (χ1) is 10.0. The van der Waals surface area contributed by atoms with Crippen molar-refractivity contribution < 1.29 is 9.59 Å². The largest absolute Gasteiger partial charge is 0.349 e. The SMILES string of the molecule is CC(NC(=O)C1CCC(N)C1)c1ccc2c(c1)CC(=O)N2.Cl. The first kappa shape index (κ1) is 16.8. The Balaban J connectivity index is 0.00000176. The molecule has 120 valence electrons. The lowest BCUT2D eigenvalue weighted by atomic mass is 10.0. The lowest BCUT2D eigenvalue weighted by molar-refractivity contribution is -0.125. The zero-order valence-corrected chi connectivity index (χ0v) is 13.4. The topological polar surface area (TPSA) is 84.2 Å². The van der Waals surface area contributed by atoms with E-state index in [0.717, 1.165) is 36.1 Å². The van der Waals surface area contributed by atoms with E-state index in [0.29, 0.717) is 6.42 Å². The van der Waals surface area contributed by atoms with Gasteiger partial charge in [0.1, 0.15) is 0 Å². The molecule has 2 aliphatic rings. The van der Waals surface area contributed by atoms with E-state index in [4.69, 9.17) is 5.73 Å². The van der Waals surface area contributed by atoms with Crippen molar-refractivity contribution in [2.45, 2.75) is 44.7 Å². The third kappa shape index (κ3) is 3.42. The van der Waals surface area contributed by atoms with Crippen LogP contribution in [0.25, 0.3) is 0 Å². The highest BCUT2D eigenvalue weighted by atomic mass is 35.5. The number of rotatable bonds is 3. The van der Waals surface area contributed by atoms with Gasteiger partial charge in [-0.25, -0.2) is 0 Å². The van der Waals surface area contributed by atoms with Crippen LogP contribution in [0.5, 0.6) is 0 Å². The van der Waals surface area contributed by atoms with E-state index in [-0.39, 0.29) is 42.2 Å². The first-order valence-corrected chi connectivity index (χ1v) is 7.51. The smallest absolute Gasteiger partial charge is 0.228 e. The van der Waals surface area contributed by atoms with Gasteiger partial charge in [-0.3, -0.25) is 9.59 Å². The summed E-state index contributed by atoms with van der Waals surface area (Å²) in [5.74, 6) is 0.157. The molecule has 1 heterocycles. The number of halogens is 1. The molecule has 0 aromatic heterocycles. The van der Waals surface area contributed by atoms with Gasteiger partial charge in [0.2, 0.25) is 11.8 Å². The van der Waals surface area contributed by atoms with Crippen molar-refractivity contribution >= 4 is 29.9 Å². The second-order valence-electron chi connectivity index (χ2n) is 6.14. The van der Waals surface area contributed by atoms with Crippen LogP contribution in [-0.2, 0) is 16.0 Å². The van der Waals surface area contributed by atoms with Crippen LogP contribution in [0.15, 0.2) is 18.2 Å². The minimum atomic E-state index is -0.0599. The van der Waals surface area contributed by atoms with Crippen LogP contribution >= 0.6 is 12.4 Å². The van der Waals surface area contributed by atoms with Gasteiger partial charge in [-0.15, -0.1) is 12.4 Å². The van der Waals surface area contributed by atoms with E-state index in [9.17, 15) is 9.59 Å². The van der Waals surface area contributed by atoms with Gasteiger partial charge in [-0.1, -0.05) is 12.1 Å². The summed E-state index contributed by atoms with van der Waals surface area (Å²) in [4.78, 5) is 23.6. The number of nitrogens with one attached hydrogen (secondary N) is 2. The highest BCUT2D eigenvalue weighted by Gasteiger charge is 2.28. The monoisotopic (exact) mass is 323 g/mol. The Morgan fingerprint density at radius 2 is 2.18 bits per heavy atom. The molecule has 1 aliphatic carbocycles. The molecule has 3 atom stereocenters. The molecule has 0 radical (unpaired) electrons. The Labute approximate surface area is 136 Å². The van der Waals surface area contributed by atoms with Crippen LogP contribution in [-0.4, -0.2) is 17.9 Å². The molecular weight excluding hydrogens is 302 g/mol. The van der Waals surface area contributed by atoms with Crippen molar-refractivity contribution in [3.63, 3.8) is 0 Å². The van der Waals surface area contributed by atoms with Gasteiger partial charge < -0.3 is 16.4 Å². The molecule has 6 heteroatoms. The van der Waals surface area contributed by atoms with Crippen molar-refractivity contribution in [2.75, 3.05) is 5.32 Å². The number of amides is 2. The molecule has 1 fully saturated rings. The summed E-state index contributed by atoms with van der Waals surface area (Å²) in [6.07, 6.45) is 3.00. The van der Waals surface area contributed by atoms with Gasteiger partial charge in [0.05, 0.1) is 12.5 Å². The minimum Gasteiger partial charge on any atom is -0.349 e. The molecule has 5 nitrogen and oxygen atoms in total.